The van der Waals surface area contributed by atoms with Crippen molar-refractivity contribution >= 4 is 17.9 Å². The normalized spacial score (nSPS) is 11.6. The van der Waals surface area contributed by atoms with Gasteiger partial charge in [-0.15, -0.1) is 0 Å². The van der Waals surface area contributed by atoms with E-state index in [-0.39, 0.29) is 30.8 Å². The van der Waals surface area contributed by atoms with Crippen molar-refractivity contribution in [2.24, 2.45) is 5.92 Å². The molecule has 0 aromatic carbocycles. The van der Waals surface area contributed by atoms with Crippen LogP contribution in [0.15, 0.2) is 0 Å². The lowest BCUT2D eigenvalue weighted by atomic mass is 9.97. The van der Waals surface area contributed by atoms with Crippen molar-refractivity contribution in [2.45, 2.75) is 39.5 Å². The maximum absolute atomic E-state index is 11.5. The SMILES string of the molecule is CCC(CCNC(=O)NCC(=O)N(C)CC)CCC(=O)O. The number of likely N-dealkylation sites (N-methyl/N-ethyl adjacent to an activating group) is 1. The van der Waals surface area contributed by atoms with Crippen LogP contribution in [-0.2, 0) is 9.59 Å². The molecule has 0 aliphatic heterocycles. The molecule has 0 aliphatic carbocycles. The molecule has 0 saturated carbocycles. The molecule has 21 heavy (non-hydrogen) atoms. The first-order valence-corrected chi connectivity index (χ1v) is 7.38. The molecule has 7 nitrogen and oxygen atoms in total. The molecule has 0 spiro atoms. The highest BCUT2D eigenvalue weighted by molar-refractivity contribution is 5.83. The van der Waals surface area contributed by atoms with E-state index in [1.807, 2.05) is 13.8 Å². The number of carboxylic acids is 1. The number of carboxylic acid groups (broad SMARTS) is 1. The van der Waals surface area contributed by atoms with Crippen LogP contribution in [-0.4, -0.2) is 54.6 Å². The second kappa shape index (κ2) is 10.9. The Kier molecular flexibility index (Phi) is 10.0. The first-order chi connectivity index (χ1) is 9.90. The standard InChI is InChI=1S/C14H27N3O4/c1-4-11(6-7-13(19)20)8-9-15-14(21)16-10-12(18)17(3)5-2/h11H,4-10H2,1-3H3,(H,19,20)(H2,15,16,21). The molecule has 7 heteroatoms. The maximum Gasteiger partial charge on any atom is 0.315 e. The number of nitrogens with one attached hydrogen (secondary N) is 2. The molecule has 3 N–H and O–H groups in total. The summed E-state index contributed by atoms with van der Waals surface area (Å²) in [6, 6.07) is -0.374. The zero-order chi connectivity index (χ0) is 16.3. The Labute approximate surface area is 126 Å². The number of hydrogen-bond donors (Lipinski definition) is 3. The minimum atomic E-state index is -0.794. The molecule has 0 radical (unpaired) electrons. The average Bonchev–Trinajstić information content (AvgIpc) is 2.46. The molecule has 0 rings (SSSR count). The van der Waals surface area contributed by atoms with Crippen LogP contribution in [0, 0.1) is 5.92 Å². The monoisotopic (exact) mass is 301 g/mol. The van der Waals surface area contributed by atoms with Crippen LogP contribution in [0.1, 0.15) is 39.5 Å². The second-order valence-corrected chi connectivity index (χ2v) is 5.01. The van der Waals surface area contributed by atoms with E-state index in [0.29, 0.717) is 19.5 Å². The second-order valence-electron chi connectivity index (χ2n) is 5.01. The van der Waals surface area contributed by atoms with Gasteiger partial charge in [0.2, 0.25) is 5.91 Å². The third-order valence-corrected chi connectivity index (χ3v) is 3.48. The van der Waals surface area contributed by atoms with E-state index in [0.717, 1.165) is 12.8 Å². The van der Waals surface area contributed by atoms with Crippen LogP contribution in [0.5, 0.6) is 0 Å². The highest BCUT2D eigenvalue weighted by atomic mass is 16.4. The molecule has 0 bridgehead atoms. The molecule has 0 saturated heterocycles. The van der Waals surface area contributed by atoms with Gasteiger partial charge < -0.3 is 20.6 Å². The van der Waals surface area contributed by atoms with Gasteiger partial charge >= 0.3 is 12.0 Å². The molecule has 0 heterocycles. The Morgan fingerprint density at radius 3 is 2.33 bits per heavy atom. The summed E-state index contributed by atoms with van der Waals surface area (Å²) < 4.78 is 0. The number of amides is 3. The molecular formula is C14H27N3O4. The zero-order valence-corrected chi connectivity index (χ0v) is 13.1. The third kappa shape index (κ3) is 9.70. The summed E-state index contributed by atoms with van der Waals surface area (Å²) in [5.74, 6) is -0.646. The first kappa shape index (κ1) is 19.2. The van der Waals surface area contributed by atoms with Crippen molar-refractivity contribution in [2.75, 3.05) is 26.7 Å². The Balaban J connectivity index is 3.82. The highest BCUT2D eigenvalue weighted by Gasteiger charge is 2.11. The largest absolute Gasteiger partial charge is 0.481 e. The van der Waals surface area contributed by atoms with E-state index in [2.05, 4.69) is 10.6 Å². The van der Waals surface area contributed by atoms with Gasteiger partial charge in [0.25, 0.3) is 0 Å². The van der Waals surface area contributed by atoms with Gasteiger partial charge in [-0.1, -0.05) is 13.3 Å². The fourth-order valence-electron chi connectivity index (χ4n) is 1.80. The maximum atomic E-state index is 11.5. The van der Waals surface area contributed by atoms with E-state index < -0.39 is 5.97 Å². The lowest BCUT2D eigenvalue weighted by Gasteiger charge is -2.16. The molecular weight excluding hydrogens is 274 g/mol. The number of carbonyl (C=O) groups is 3. The first-order valence-electron chi connectivity index (χ1n) is 7.38. The van der Waals surface area contributed by atoms with Crippen LogP contribution >= 0.6 is 0 Å². The topological polar surface area (TPSA) is 98.7 Å². The fraction of sp³-hybridized carbons (Fsp3) is 0.786. The summed E-state index contributed by atoms with van der Waals surface area (Å²) in [7, 11) is 1.68. The minimum Gasteiger partial charge on any atom is -0.481 e. The van der Waals surface area contributed by atoms with Crippen LogP contribution in [0.2, 0.25) is 0 Å². The van der Waals surface area contributed by atoms with Gasteiger partial charge in [-0.05, 0) is 25.7 Å². The molecule has 1 atom stereocenters. The van der Waals surface area contributed by atoms with E-state index in [9.17, 15) is 14.4 Å². The number of rotatable bonds is 10. The van der Waals surface area contributed by atoms with Gasteiger partial charge in [-0.3, -0.25) is 9.59 Å². The van der Waals surface area contributed by atoms with E-state index >= 15 is 0 Å². The quantitative estimate of drug-likeness (QED) is 0.561. The fourth-order valence-corrected chi connectivity index (χ4v) is 1.80. The Hall–Kier alpha value is -1.79. The van der Waals surface area contributed by atoms with E-state index in [1.54, 1.807) is 7.05 Å². The number of carbonyl (C=O) groups excluding carboxylic acids is 2. The predicted molar refractivity (Wildman–Crippen MR) is 80.0 cm³/mol. The van der Waals surface area contributed by atoms with Crippen LogP contribution in [0.25, 0.3) is 0 Å². The van der Waals surface area contributed by atoms with Gasteiger partial charge in [0.15, 0.2) is 0 Å². The molecule has 0 fully saturated rings. The zero-order valence-electron chi connectivity index (χ0n) is 13.1. The van der Waals surface area contributed by atoms with E-state index in [4.69, 9.17) is 5.11 Å². The van der Waals surface area contributed by atoms with Gasteiger partial charge in [-0.25, -0.2) is 4.79 Å². The molecule has 3 amide bonds. The van der Waals surface area contributed by atoms with Crippen LogP contribution in [0.3, 0.4) is 0 Å². The molecule has 122 valence electrons. The van der Waals surface area contributed by atoms with Crippen molar-refractivity contribution in [1.82, 2.24) is 15.5 Å². The molecule has 0 aromatic heterocycles. The lowest BCUT2D eigenvalue weighted by molar-refractivity contribution is -0.137. The number of urea groups is 1. The summed E-state index contributed by atoms with van der Waals surface area (Å²) >= 11 is 0. The lowest BCUT2D eigenvalue weighted by Crippen LogP contribution is -2.43. The van der Waals surface area contributed by atoms with Crippen molar-refractivity contribution in [1.29, 1.82) is 0 Å². The van der Waals surface area contributed by atoms with Crippen LogP contribution in [0.4, 0.5) is 4.79 Å². The Bertz CT molecular complexity index is 347. The van der Waals surface area contributed by atoms with Crippen molar-refractivity contribution in [3.8, 4) is 0 Å². The molecule has 1 unspecified atom stereocenters. The van der Waals surface area contributed by atoms with Crippen molar-refractivity contribution in [3.05, 3.63) is 0 Å². The average molecular weight is 301 g/mol. The van der Waals surface area contributed by atoms with Crippen molar-refractivity contribution < 1.29 is 19.5 Å². The van der Waals surface area contributed by atoms with Crippen molar-refractivity contribution in [3.63, 3.8) is 0 Å². The highest BCUT2D eigenvalue weighted by Crippen LogP contribution is 2.14. The Morgan fingerprint density at radius 2 is 1.81 bits per heavy atom. The predicted octanol–water partition coefficient (Wildman–Crippen LogP) is 1.05. The van der Waals surface area contributed by atoms with Gasteiger partial charge in [0.1, 0.15) is 0 Å². The van der Waals surface area contributed by atoms with Gasteiger partial charge in [-0.2, -0.15) is 0 Å². The Morgan fingerprint density at radius 1 is 1.14 bits per heavy atom. The summed E-state index contributed by atoms with van der Waals surface area (Å²) in [5.41, 5.74) is 0. The summed E-state index contributed by atoms with van der Waals surface area (Å²) in [6.45, 7) is 4.92. The number of nitrogens with zero attached hydrogens (tertiary/aromatic N) is 1. The number of aliphatic carboxylic acids is 1. The molecule has 0 aromatic rings. The van der Waals surface area contributed by atoms with Gasteiger partial charge in [0.05, 0.1) is 6.54 Å². The minimum absolute atomic E-state index is 0.0214. The summed E-state index contributed by atoms with van der Waals surface area (Å²) in [5, 5.41) is 13.8. The summed E-state index contributed by atoms with van der Waals surface area (Å²) in [4.78, 5) is 35.0. The smallest absolute Gasteiger partial charge is 0.315 e. The number of hydrogen-bond acceptors (Lipinski definition) is 3. The molecule has 0 aliphatic rings. The summed E-state index contributed by atoms with van der Waals surface area (Å²) in [6.07, 6.45) is 2.40. The third-order valence-electron chi connectivity index (χ3n) is 3.48. The van der Waals surface area contributed by atoms with Gasteiger partial charge in [0, 0.05) is 26.6 Å². The van der Waals surface area contributed by atoms with Crippen LogP contribution < -0.4 is 10.6 Å². The van der Waals surface area contributed by atoms with E-state index in [1.165, 1.54) is 4.90 Å².